The van der Waals surface area contributed by atoms with E-state index in [9.17, 15) is 14.4 Å². The van der Waals surface area contributed by atoms with Crippen LogP contribution in [0.2, 0.25) is 0 Å². The monoisotopic (exact) mass is 264 g/mol. The fourth-order valence-electron chi connectivity index (χ4n) is 1.57. The fourth-order valence-corrected chi connectivity index (χ4v) is 1.57. The molecule has 6 heteroatoms. The van der Waals surface area contributed by atoms with Gasteiger partial charge in [-0.3, -0.25) is 14.4 Å². The van der Waals surface area contributed by atoms with Crippen LogP contribution in [0.4, 0.5) is 0 Å². The van der Waals surface area contributed by atoms with E-state index < -0.39 is 30.2 Å². The van der Waals surface area contributed by atoms with Gasteiger partial charge >= 0.3 is 5.97 Å². The lowest BCUT2D eigenvalue weighted by molar-refractivity contribution is -0.140. The van der Waals surface area contributed by atoms with Crippen molar-refractivity contribution in [2.45, 2.75) is 25.3 Å². The molecule has 0 spiro atoms. The standard InChI is InChI=1S/C13H16N2O4/c14-13(19)10(8-12(17)18)15-11(16)7-6-9-4-2-1-3-5-9/h1-5,10H,6-8H2,(H2,14,19)(H,15,16)(H,17,18). The van der Waals surface area contributed by atoms with Gasteiger partial charge in [-0.25, -0.2) is 0 Å². The zero-order chi connectivity index (χ0) is 14.3. The van der Waals surface area contributed by atoms with E-state index in [1.165, 1.54) is 0 Å². The van der Waals surface area contributed by atoms with E-state index in [0.717, 1.165) is 5.56 Å². The number of carbonyl (C=O) groups excluding carboxylic acids is 2. The van der Waals surface area contributed by atoms with Crippen molar-refractivity contribution in [2.75, 3.05) is 0 Å². The largest absolute Gasteiger partial charge is 0.481 e. The van der Waals surface area contributed by atoms with E-state index >= 15 is 0 Å². The number of hydrogen-bond acceptors (Lipinski definition) is 3. The lowest BCUT2D eigenvalue weighted by atomic mass is 10.1. The predicted octanol–water partition coefficient (Wildman–Crippen LogP) is 0.0640. The van der Waals surface area contributed by atoms with Gasteiger partial charge in [0.2, 0.25) is 11.8 Å². The third-order valence-electron chi connectivity index (χ3n) is 2.54. The van der Waals surface area contributed by atoms with Crippen LogP contribution in [-0.4, -0.2) is 28.9 Å². The van der Waals surface area contributed by atoms with Crippen LogP contribution in [0.15, 0.2) is 30.3 Å². The zero-order valence-corrected chi connectivity index (χ0v) is 10.3. The van der Waals surface area contributed by atoms with Crippen LogP contribution < -0.4 is 11.1 Å². The molecule has 0 aliphatic carbocycles. The molecule has 1 aromatic rings. The first kappa shape index (κ1) is 14.7. The Hall–Kier alpha value is -2.37. The van der Waals surface area contributed by atoms with Gasteiger partial charge in [-0.2, -0.15) is 0 Å². The molecule has 19 heavy (non-hydrogen) atoms. The van der Waals surface area contributed by atoms with Crippen LogP contribution in [-0.2, 0) is 20.8 Å². The molecule has 0 saturated carbocycles. The maximum atomic E-state index is 11.6. The van der Waals surface area contributed by atoms with Crippen LogP contribution >= 0.6 is 0 Å². The Labute approximate surface area is 110 Å². The van der Waals surface area contributed by atoms with Crippen molar-refractivity contribution < 1.29 is 19.5 Å². The first-order valence-electron chi connectivity index (χ1n) is 5.83. The Morgan fingerprint density at radius 1 is 1.21 bits per heavy atom. The van der Waals surface area contributed by atoms with Gasteiger partial charge < -0.3 is 16.2 Å². The lowest BCUT2D eigenvalue weighted by Gasteiger charge is -2.13. The summed E-state index contributed by atoms with van der Waals surface area (Å²) in [4.78, 5) is 33.1. The van der Waals surface area contributed by atoms with Gasteiger partial charge in [0.25, 0.3) is 0 Å². The van der Waals surface area contributed by atoms with Crippen molar-refractivity contribution in [3.63, 3.8) is 0 Å². The topological polar surface area (TPSA) is 109 Å². The molecule has 4 N–H and O–H groups in total. The SMILES string of the molecule is NC(=O)C(CC(=O)O)NC(=O)CCc1ccccc1. The predicted molar refractivity (Wildman–Crippen MR) is 68.1 cm³/mol. The van der Waals surface area contributed by atoms with Crippen molar-refractivity contribution in [2.24, 2.45) is 5.73 Å². The Balaban J connectivity index is 2.45. The molecule has 6 nitrogen and oxygen atoms in total. The van der Waals surface area contributed by atoms with Crippen LogP contribution in [0, 0.1) is 0 Å². The van der Waals surface area contributed by atoms with Crippen LogP contribution in [0.1, 0.15) is 18.4 Å². The molecule has 0 aliphatic heterocycles. The number of benzene rings is 1. The summed E-state index contributed by atoms with van der Waals surface area (Å²) in [7, 11) is 0. The van der Waals surface area contributed by atoms with E-state index in [1.54, 1.807) is 0 Å². The highest BCUT2D eigenvalue weighted by Gasteiger charge is 2.20. The maximum Gasteiger partial charge on any atom is 0.305 e. The number of primary amides is 1. The third-order valence-corrected chi connectivity index (χ3v) is 2.54. The number of hydrogen-bond donors (Lipinski definition) is 3. The number of aryl methyl sites for hydroxylation is 1. The maximum absolute atomic E-state index is 11.6. The third kappa shape index (κ3) is 5.67. The Morgan fingerprint density at radius 3 is 2.37 bits per heavy atom. The smallest absolute Gasteiger partial charge is 0.305 e. The van der Waals surface area contributed by atoms with Crippen LogP contribution in [0.5, 0.6) is 0 Å². The van der Waals surface area contributed by atoms with E-state index in [4.69, 9.17) is 10.8 Å². The number of nitrogens with one attached hydrogen (secondary N) is 1. The molecule has 1 rings (SSSR count). The highest BCUT2D eigenvalue weighted by Crippen LogP contribution is 2.02. The number of amides is 2. The zero-order valence-electron chi connectivity index (χ0n) is 10.3. The van der Waals surface area contributed by atoms with Gasteiger partial charge in [0.15, 0.2) is 0 Å². The number of rotatable bonds is 7. The normalized spacial score (nSPS) is 11.6. The summed E-state index contributed by atoms with van der Waals surface area (Å²) in [6, 6.07) is 8.21. The van der Waals surface area contributed by atoms with Crippen LogP contribution in [0.25, 0.3) is 0 Å². The minimum Gasteiger partial charge on any atom is -0.481 e. The number of carboxylic acid groups (broad SMARTS) is 1. The summed E-state index contributed by atoms with van der Waals surface area (Å²) in [6.07, 6.45) is 0.186. The highest BCUT2D eigenvalue weighted by atomic mass is 16.4. The molecule has 0 radical (unpaired) electrons. The number of carboxylic acids is 1. The quantitative estimate of drug-likeness (QED) is 0.647. The number of aliphatic carboxylic acids is 1. The van der Waals surface area contributed by atoms with Crippen LogP contribution in [0.3, 0.4) is 0 Å². The minimum absolute atomic E-state index is 0.174. The van der Waals surface area contributed by atoms with Gasteiger partial charge in [0.05, 0.1) is 6.42 Å². The number of nitrogens with two attached hydrogens (primary N) is 1. The fraction of sp³-hybridized carbons (Fsp3) is 0.308. The summed E-state index contributed by atoms with van der Waals surface area (Å²) in [5, 5.41) is 10.9. The van der Waals surface area contributed by atoms with E-state index in [0.29, 0.717) is 6.42 Å². The van der Waals surface area contributed by atoms with Gasteiger partial charge in [0.1, 0.15) is 6.04 Å². The molecule has 0 aliphatic rings. The summed E-state index contributed by atoms with van der Waals surface area (Å²) >= 11 is 0. The van der Waals surface area contributed by atoms with Crippen molar-refractivity contribution >= 4 is 17.8 Å². The second-order valence-electron chi connectivity index (χ2n) is 4.11. The van der Waals surface area contributed by atoms with Crippen molar-refractivity contribution in [3.8, 4) is 0 Å². The molecular formula is C13H16N2O4. The second kappa shape index (κ2) is 7.15. The van der Waals surface area contributed by atoms with Gasteiger partial charge in [0, 0.05) is 6.42 Å². The molecule has 1 unspecified atom stereocenters. The molecule has 1 aromatic carbocycles. The average molecular weight is 264 g/mol. The molecule has 2 amide bonds. The minimum atomic E-state index is -1.19. The molecule has 1 atom stereocenters. The summed E-state index contributed by atoms with van der Waals surface area (Å²) in [5.74, 6) is -2.43. The molecular weight excluding hydrogens is 248 g/mol. The average Bonchev–Trinajstić information content (AvgIpc) is 2.36. The molecule has 0 fully saturated rings. The molecule has 0 saturated heterocycles. The van der Waals surface area contributed by atoms with E-state index in [1.807, 2.05) is 30.3 Å². The summed E-state index contributed by atoms with van der Waals surface area (Å²) in [6.45, 7) is 0. The first-order valence-corrected chi connectivity index (χ1v) is 5.83. The Bertz CT molecular complexity index is 459. The molecule has 0 bridgehead atoms. The number of carbonyl (C=O) groups is 3. The highest BCUT2D eigenvalue weighted by molar-refractivity contribution is 5.89. The van der Waals surface area contributed by atoms with Gasteiger partial charge in [-0.1, -0.05) is 30.3 Å². The van der Waals surface area contributed by atoms with Crippen molar-refractivity contribution in [1.29, 1.82) is 0 Å². The van der Waals surface area contributed by atoms with E-state index in [-0.39, 0.29) is 6.42 Å². The second-order valence-corrected chi connectivity index (χ2v) is 4.11. The van der Waals surface area contributed by atoms with Crippen molar-refractivity contribution in [3.05, 3.63) is 35.9 Å². The first-order chi connectivity index (χ1) is 8.99. The van der Waals surface area contributed by atoms with Gasteiger partial charge in [-0.05, 0) is 12.0 Å². The van der Waals surface area contributed by atoms with Gasteiger partial charge in [-0.15, -0.1) is 0 Å². The summed E-state index contributed by atoms with van der Waals surface area (Å²) < 4.78 is 0. The summed E-state index contributed by atoms with van der Waals surface area (Å²) in [5.41, 5.74) is 6.02. The Morgan fingerprint density at radius 2 is 1.84 bits per heavy atom. The van der Waals surface area contributed by atoms with E-state index in [2.05, 4.69) is 5.32 Å². The molecule has 0 aromatic heterocycles. The van der Waals surface area contributed by atoms with Crippen molar-refractivity contribution in [1.82, 2.24) is 5.32 Å². The molecule has 102 valence electrons. The molecule has 0 heterocycles. The Kier molecular flexibility index (Phi) is 5.53. The lowest BCUT2D eigenvalue weighted by Crippen LogP contribution is -2.45.